The predicted octanol–water partition coefficient (Wildman–Crippen LogP) is 3.31. The molecule has 0 fully saturated rings. The van der Waals surface area contributed by atoms with Crippen molar-refractivity contribution in [1.82, 2.24) is 9.99 Å². The lowest BCUT2D eigenvalue weighted by atomic mass is 10.1. The SMILES string of the molecule is CCN1C(=O)N(Cc2cc(OC)c(OC)c(OC)c2)c2cccnc2N1CC. The van der Waals surface area contributed by atoms with Crippen LogP contribution in [-0.2, 0) is 6.54 Å². The van der Waals surface area contributed by atoms with Crippen LogP contribution in [0.15, 0.2) is 30.5 Å². The number of fused-ring (bicyclic) bond motifs is 1. The van der Waals surface area contributed by atoms with E-state index in [1.807, 2.05) is 43.1 Å². The molecule has 8 heteroatoms. The molecule has 3 rings (SSSR count). The van der Waals surface area contributed by atoms with Crippen molar-refractivity contribution < 1.29 is 19.0 Å². The van der Waals surface area contributed by atoms with Crippen LogP contribution < -0.4 is 24.1 Å². The molecule has 8 nitrogen and oxygen atoms in total. The highest BCUT2D eigenvalue weighted by molar-refractivity contribution is 5.99. The highest BCUT2D eigenvalue weighted by atomic mass is 16.5. The molecule has 1 aliphatic heterocycles. The van der Waals surface area contributed by atoms with Crippen molar-refractivity contribution in [1.29, 1.82) is 0 Å². The van der Waals surface area contributed by atoms with Crippen LogP contribution in [0.4, 0.5) is 16.3 Å². The third-order valence-electron chi connectivity index (χ3n) is 4.71. The second-order valence-electron chi connectivity index (χ2n) is 6.18. The summed E-state index contributed by atoms with van der Waals surface area (Å²) in [6.07, 6.45) is 1.74. The number of aromatic nitrogens is 1. The van der Waals surface area contributed by atoms with Crippen molar-refractivity contribution in [2.75, 3.05) is 44.3 Å². The van der Waals surface area contributed by atoms with Crippen LogP contribution in [0.5, 0.6) is 17.2 Å². The Labute approximate surface area is 165 Å². The number of hydrogen-bond donors (Lipinski definition) is 0. The number of nitrogens with zero attached hydrogens (tertiary/aromatic N) is 4. The van der Waals surface area contributed by atoms with Gasteiger partial charge in [0, 0.05) is 19.3 Å². The van der Waals surface area contributed by atoms with Crippen LogP contribution in [-0.4, -0.2) is 50.4 Å². The van der Waals surface area contributed by atoms with Crippen LogP contribution in [0.2, 0.25) is 0 Å². The molecule has 1 aromatic carbocycles. The molecular formula is C20H26N4O4. The molecule has 0 spiro atoms. The fourth-order valence-corrected chi connectivity index (χ4v) is 3.45. The molecule has 0 bridgehead atoms. The van der Waals surface area contributed by atoms with Gasteiger partial charge in [0.25, 0.3) is 0 Å². The minimum atomic E-state index is -0.0985. The Bertz CT molecular complexity index is 833. The van der Waals surface area contributed by atoms with E-state index in [-0.39, 0.29) is 6.03 Å². The Morgan fingerprint density at radius 2 is 1.61 bits per heavy atom. The topological polar surface area (TPSA) is 67.4 Å². The normalized spacial score (nSPS) is 13.5. The van der Waals surface area contributed by atoms with Crippen molar-refractivity contribution in [2.45, 2.75) is 20.4 Å². The van der Waals surface area contributed by atoms with Gasteiger partial charge in [-0.05, 0) is 43.7 Å². The number of carbonyl (C=O) groups is 1. The monoisotopic (exact) mass is 386 g/mol. The minimum Gasteiger partial charge on any atom is -0.493 e. The summed E-state index contributed by atoms with van der Waals surface area (Å²) in [5.74, 6) is 2.39. The molecule has 2 amide bonds. The summed E-state index contributed by atoms with van der Waals surface area (Å²) in [6.45, 7) is 5.51. The fourth-order valence-electron chi connectivity index (χ4n) is 3.45. The first-order valence-electron chi connectivity index (χ1n) is 9.19. The van der Waals surface area contributed by atoms with Gasteiger partial charge in [-0.3, -0.25) is 9.91 Å². The first-order valence-corrected chi connectivity index (χ1v) is 9.19. The van der Waals surface area contributed by atoms with Crippen molar-refractivity contribution in [3.05, 3.63) is 36.0 Å². The van der Waals surface area contributed by atoms with E-state index in [0.29, 0.717) is 36.9 Å². The fraction of sp³-hybridized carbons (Fsp3) is 0.400. The molecule has 0 aliphatic carbocycles. The molecule has 0 atom stereocenters. The van der Waals surface area contributed by atoms with Crippen LogP contribution in [0.25, 0.3) is 0 Å². The lowest BCUT2D eigenvalue weighted by molar-refractivity contribution is 0.198. The minimum absolute atomic E-state index is 0.0985. The number of rotatable bonds is 7. The molecule has 0 saturated heterocycles. The number of benzene rings is 1. The average Bonchev–Trinajstić information content (AvgIpc) is 2.74. The summed E-state index contributed by atoms with van der Waals surface area (Å²) in [7, 11) is 4.71. The van der Waals surface area contributed by atoms with Gasteiger partial charge in [0.15, 0.2) is 17.3 Å². The Morgan fingerprint density at radius 3 is 2.14 bits per heavy atom. The van der Waals surface area contributed by atoms with Crippen LogP contribution in [0.3, 0.4) is 0 Å². The van der Waals surface area contributed by atoms with E-state index in [4.69, 9.17) is 14.2 Å². The van der Waals surface area contributed by atoms with E-state index in [1.165, 1.54) is 0 Å². The van der Waals surface area contributed by atoms with Crippen molar-refractivity contribution in [3.8, 4) is 17.2 Å². The van der Waals surface area contributed by atoms with Gasteiger partial charge in [0.05, 0.1) is 33.6 Å². The van der Waals surface area contributed by atoms with E-state index in [0.717, 1.165) is 17.1 Å². The van der Waals surface area contributed by atoms with Crippen LogP contribution >= 0.6 is 0 Å². The van der Waals surface area contributed by atoms with Gasteiger partial charge in [-0.25, -0.2) is 14.8 Å². The number of pyridine rings is 1. The molecule has 0 radical (unpaired) electrons. The third kappa shape index (κ3) is 3.26. The highest BCUT2D eigenvalue weighted by Crippen LogP contribution is 2.40. The van der Waals surface area contributed by atoms with Gasteiger partial charge in [0.2, 0.25) is 5.75 Å². The van der Waals surface area contributed by atoms with E-state index < -0.39 is 0 Å². The zero-order valence-corrected chi connectivity index (χ0v) is 16.9. The molecule has 2 heterocycles. The summed E-state index contributed by atoms with van der Waals surface area (Å²) in [4.78, 5) is 19.5. The number of carbonyl (C=O) groups excluding carboxylic acids is 1. The van der Waals surface area contributed by atoms with E-state index >= 15 is 0 Å². The largest absolute Gasteiger partial charge is 0.493 e. The highest BCUT2D eigenvalue weighted by Gasteiger charge is 2.35. The molecule has 1 aliphatic rings. The summed E-state index contributed by atoms with van der Waals surface area (Å²) < 4.78 is 16.3. The third-order valence-corrected chi connectivity index (χ3v) is 4.71. The molecule has 28 heavy (non-hydrogen) atoms. The number of anilines is 2. The summed E-state index contributed by atoms with van der Waals surface area (Å²) in [6, 6.07) is 7.36. The molecule has 0 saturated carbocycles. The van der Waals surface area contributed by atoms with Crippen molar-refractivity contribution in [2.24, 2.45) is 0 Å². The summed E-state index contributed by atoms with van der Waals surface area (Å²) in [5.41, 5.74) is 1.63. The van der Waals surface area contributed by atoms with E-state index in [1.54, 1.807) is 37.4 Å². The Morgan fingerprint density at radius 1 is 0.964 bits per heavy atom. The van der Waals surface area contributed by atoms with E-state index in [9.17, 15) is 4.79 Å². The van der Waals surface area contributed by atoms with Gasteiger partial charge in [0.1, 0.15) is 0 Å². The summed E-state index contributed by atoms with van der Waals surface area (Å²) in [5, 5.41) is 3.61. The lowest BCUT2D eigenvalue weighted by Gasteiger charge is -2.43. The van der Waals surface area contributed by atoms with Gasteiger partial charge < -0.3 is 14.2 Å². The quantitative estimate of drug-likeness (QED) is 0.727. The molecule has 0 N–H and O–H groups in total. The zero-order chi connectivity index (χ0) is 20.3. The number of methoxy groups -OCH3 is 3. The number of hydrazine groups is 1. The molecule has 150 valence electrons. The van der Waals surface area contributed by atoms with Gasteiger partial charge >= 0.3 is 6.03 Å². The maximum Gasteiger partial charge on any atom is 0.343 e. The smallest absolute Gasteiger partial charge is 0.343 e. The van der Waals surface area contributed by atoms with Crippen molar-refractivity contribution in [3.63, 3.8) is 0 Å². The molecular weight excluding hydrogens is 360 g/mol. The first-order chi connectivity index (χ1) is 13.6. The zero-order valence-electron chi connectivity index (χ0n) is 16.9. The number of urea groups is 1. The number of ether oxygens (including phenoxy) is 3. The second kappa shape index (κ2) is 8.24. The van der Waals surface area contributed by atoms with Crippen LogP contribution in [0.1, 0.15) is 19.4 Å². The maximum absolute atomic E-state index is 13.2. The lowest BCUT2D eigenvalue weighted by Crippen LogP contribution is -2.56. The maximum atomic E-state index is 13.2. The number of hydrogen-bond acceptors (Lipinski definition) is 6. The molecule has 0 unspecified atom stereocenters. The van der Waals surface area contributed by atoms with E-state index in [2.05, 4.69) is 4.98 Å². The average molecular weight is 386 g/mol. The Balaban J connectivity index is 2.05. The number of amides is 2. The van der Waals surface area contributed by atoms with Gasteiger partial charge in [-0.15, -0.1) is 0 Å². The van der Waals surface area contributed by atoms with Crippen LogP contribution in [0, 0.1) is 0 Å². The molecule has 1 aromatic heterocycles. The van der Waals surface area contributed by atoms with Gasteiger partial charge in [-0.2, -0.15) is 0 Å². The van der Waals surface area contributed by atoms with Gasteiger partial charge in [-0.1, -0.05) is 0 Å². The first kappa shape index (κ1) is 19.6. The Hall–Kier alpha value is -3.16. The predicted molar refractivity (Wildman–Crippen MR) is 107 cm³/mol. The Kier molecular flexibility index (Phi) is 5.77. The second-order valence-corrected chi connectivity index (χ2v) is 6.18. The van der Waals surface area contributed by atoms with Crippen molar-refractivity contribution >= 4 is 17.5 Å². The standard InChI is InChI=1S/C20H26N4O4/c1-6-23-19-15(9-8-10-21-19)22(20(25)24(23)7-2)13-14-11-16(26-3)18(28-5)17(12-14)27-4/h8-12H,6-7,13H2,1-5H3. The molecule has 2 aromatic rings. The summed E-state index contributed by atoms with van der Waals surface area (Å²) >= 11 is 0.